The number of rotatable bonds is 0. The molecule has 0 atom stereocenters. The van der Waals surface area contributed by atoms with Gasteiger partial charge in [-0.3, -0.25) is 0 Å². The third-order valence-electron chi connectivity index (χ3n) is 7.21. The van der Waals surface area contributed by atoms with E-state index in [1.165, 1.54) is 6.07 Å². The maximum absolute atomic E-state index is 16.2. The molecule has 7 rings (SSSR count). The fraction of sp³-hybridized carbons (Fsp3) is 0.0323. The van der Waals surface area contributed by atoms with Crippen LogP contribution in [0.25, 0.3) is 65.4 Å². The van der Waals surface area contributed by atoms with Crippen LogP contribution in [0.4, 0.5) is 13.2 Å². The van der Waals surface area contributed by atoms with Gasteiger partial charge in [-0.2, -0.15) is 0 Å². The molecule has 0 amide bonds. The van der Waals surface area contributed by atoms with Crippen LogP contribution in [0, 0.1) is 60.2 Å². The molecule has 0 radical (unpaired) electrons. The van der Waals surface area contributed by atoms with Gasteiger partial charge < -0.3 is 0 Å². The SMILES string of the molecule is [C-]#[N+]/C(C#N)=C1/c2cc(F)ccc2-c2nc3c(F)c4nc5c(nc4c(F)c3nc21)/C(=C(\C#N)[N+]#[C-])c1cc(C)ccc1-5. The highest BCUT2D eigenvalue weighted by Gasteiger charge is 2.35. The molecular weight excluding hydrogens is 541 g/mol. The van der Waals surface area contributed by atoms with E-state index in [0.717, 1.165) is 17.7 Å². The monoisotopic (exact) mass is 550 g/mol. The molecule has 2 aromatic heterocycles. The summed E-state index contributed by atoms with van der Waals surface area (Å²) >= 11 is 0. The lowest BCUT2D eigenvalue weighted by molar-refractivity contribution is 0.625. The molecule has 42 heavy (non-hydrogen) atoms. The molecule has 5 aromatic rings. The summed E-state index contributed by atoms with van der Waals surface area (Å²) in [6.07, 6.45) is 0. The van der Waals surface area contributed by atoms with E-state index < -0.39 is 45.2 Å². The van der Waals surface area contributed by atoms with Crippen LogP contribution in [0.15, 0.2) is 47.8 Å². The molecule has 0 saturated heterocycles. The lowest BCUT2D eigenvalue weighted by atomic mass is 10.0. The first-order valence-corrected chi connectivity index (χ1v) is 12.2. The van der Waals surface area contributed by atoms with Crippen molar-refractivity contribution in [2.24, 2.45) is 0 Å². The highest BCUT2D eigenvalue weighted by molar-refractivity contribution is 6.06. The summed E-state index contributed by atoms with van der Waals surface area (Å²) in [6, 6.07) is 12.5. The fourth-order valence-electron chi connectivity index (χ4n) is 5.44. The summed E-state index contributed by atoms with van der Waals surface area (Å²) in [5, 5.41) is 19.2. The molecule has 0 fully saturated rings. The van der Waals surface area contributed by atoms with E-state index in [1.807, 2.05) is 13.0 Å². The molecule has 0 aliphatic heterocycles. The molecule has 194 valence electrons. The number of benzene rings is 3. The van der Waals surface area contributed by atoms with Crippen molar-refractivity contribution in [1.82, 2.24) is 19.9 Å². The van der Waals surface area contributed by atoms with E-state index in [1.54, 1.807) is 24.3 Å². The van der Waals surface area contributed by atoms with Crippen LogP contribution in [0.5, 0.6) is 0 Å². The van der Waals surface area contributed by atoms with Crippen molar-refractivity contribution in [3.63, 3.8) is 0 Å². The zero-order valence-electron chi connectivity index (χ0n) is 21.2. The third kappa shape index (κ3) is 3.08. The number of aryl methyl sites for hydroxylation is 1. The lowest BCUT2D eigenvalue weighted by Gasteiger charge is -2.10. The second-order valence-corrected chi connectivity index (χ2v) is 9.50. The van der Waals surface area contributed by atoms with E-state index in [2.05, 4.69) is 29.6 Å². The minimum Gasteiger partial charge on any atom is -0.242 e. The Kier molecular flexibility index (Phi) is 5.00. The van der Waals surface area contributed by atoms with E-state index in [9.17, 15) is 14.9 Å². The van der Waals surface area contributed by atoms with Crippen molar-refractivity contribution in [2.45, 2.75) is 6.92 Å². The van der Waals surface area contributed by atoms with Crippen molar-refractivity contribution in [1.29, 1.82) is 10.5 Å². The van der Waals surface area contributed by atoms with Crippen LogP contribution < -0.4 is 0 Å². The predicted octanol–water partition coefficient (Wildman–Crippen LogP) is 6.66. The Bertz CT molecular complexity index is 2200. The van der Waals surface area contributed by atoms with Crippen LogP contribution in [0.3, 0.4) is 0 Å². The van der Waals surface area contributed by atoms with Gasteiger partial charge in [0, 0.05) is 22.3 Å². The van der Waals surface area contributed by atoms with Crippen molar-refractivity contribution >= 4 is 33.2 Å². The second kappa shape index (κ2) is 8.53. The molecule has 3 aromatic carbocycles. The number of halogens is 3. The van der Waals surface area contributed by atoms with Gasteiger partial charge in [-0.1, -0.05) is 23.8 Å². The topological polar surface area (TPSA) is 108 Å². The van der Waals surface area contributed by atoms with Crippen molar-refractivity contribution in [3.05, 3.63) is 116 Å². The fourth-order valence-corrected chi connectivity index (χ4v) is 5.44. The first-order valence-electron chi connectivity index (χ1n) is 12.2. The van der Waals surface area contributed by atoms with Gasteiger partial charge in [0.25, 0.3) is 11.4 Å². The smallest absolute Gasteiger partial charge is 0.242 e. The van der Waals surface area contributed by atoms with Crippen LogP contribution in [-0.4, -0.2) is 19.9 Å². The van der Waals surface area contributed by atoms with Gasteiger partial charge in [-0.15, -0.1) is 0 Å². The minimum absolute atomic E-state index is 0.0434. The summed E-state index contributed by atoms with van der Waals surface area (Å²) in [4.78, 5) is 24.0. The Morgan fingerprint density at radius 3 is 1.52 bits per heavy atom. The average Bonchev–Trinajstić information content (AvgIpc) is 3.47. The van der Waals surface area contributed by atoms with E-state index >= 15 is 8.78 Å². The molecule has 2 aliphatic carbocycles. The molecule has 2 aliphatic rings. The number of aromatic nitrogens is 4. The average molecular weight is 550 g/mol. The van der Waals surface area contributed by atoms with Gasteiger partial charge in [-0.05, 0) is 36.2 Å². The van der Waals surface area contributed by atoms with Crippen molar-refractivity contribution < 1.29 is 13.2 Å². The number of nitrogens with zero attached hydrogens (tertiary/aromatic N) is 8. The molecule has 0 spiro atoms. The summed E-state index contributed by atoms with van der Waals surface area (Å²) < 4.78 is 46.6. The highest BCUT2D eigenvalue weighted by atomic mass is 19.1. The van der Waals surface area contributed by atoms with Gasteiger partial charge in [0.2, 0.25) is 0 Å². The first-order chi connectivity index (χ1) is 20.3. The highest BCUT2D eigenvalue weighted by Crippen LogP contribution is 2.48. The van der Waals surface area contributed by atoms with Gasteiger partial charge in [-0.25, -0.2) is 53.3 Å². The Balaban J connectivity index is 1.61. The molecule has 2 heterocycles. The molecule has 0 unspecified atom stereocenters. The standard InChI is InChI=1S/C31H9F3N8/c1-12-4-6-14-16(8-12)20(18(10-35)37-2)26-24(14)39-28-22(33)29-31(23(34)30(28)41-26)42-27-21(19(11-36)38-3)17-9-13(32)5-7-15(17)25(27)40-29/h4-9H,1H3/b20-18+,21-19-. The summed E-state index contributed by atoms with van der Waals surface area (Å²) in [5.74, 6) is -2.74. The maximum Gasteiger partial charge on any atom is 0.271 e. The molecule has 11 heteroatoms. The number of hydrogen-bond donors (Lipinski definition) is 0. The zero-order valence-corrected chi connectivity index (χ0v) is 21.2. The minimum atomic E-state index is -1.08. The molecular formula is C31H9F3N8. The number of fused-ring (bicyclic) bond motifs is 8. The first kappa shape index (κ1) is 24.6. The van der Waals surface area contributed by atoms with Crippen molar-refractivity contribution in [3.8, 4) is 34.7 Å². The lowest BCUT2D eigenvalue weighted by Crippen LogP contribution is -2.03. The molecule has 0 N–H and O–H groups in total. The van der Waals surface area contributed by atoms with Crippen LogP contribution in [0.2, 0.25) is 0 Å². The van der Waals surface area contributed by atoms with E-state index in [0.29, 0.717) is 16.7 Å². The summed E-state index contributed by atoms with van der Waals surface area (Å²) in [5.41, 5.74) is -0.0464. The number of allylic oxidation sites excluding steroid dienone is 2. The van der Waals surface area contributed by atoms with Crippen LogP contribution in [0.1, 0.15) is 28.1 Å². The Morgan fingerprint density at radius 2 is 1.07 bits per heavy atom. The van der Waals surface area contributed by atoms with Gasteiger partial charge in [0.1, 0.15) is 27.9 Å². The normalized spacial score (nSPS) is 14.7. The largest absolute Gasteiger partial charge is 0.271 e. The number of hydrogen-bond acceptors (Lipinski definition) is 6. The van der Waals surface area contributed by atoms with Crippen LogP contribution >= 0.6 is 0 Å². The Labute approximate surface area is 234 Å². The zero-order chi connectivity index (χ0) is 29.4. The van der Waals surface area contributed by atoms with E-state index in [-0.39, 0.29) is 45.2 Å². The molecule has 8 nitrogen and oxygen atoms in total. The summed E-state index contributed by atoms with van der Waals surface area (Å²) in [6.45, 7) is 16.8. The number of nitriles is 2. The second-order valence-electron chi connectivity index (χ2n) is 9.50. The van der Waals surface area contributed by atoms with Crippen LogP contribution in [-0.2, 0) is 0 Å². The summed E-state index contributed by atoms with van der Waals surface area (Å²) in [7, 11) is 0. The molecule has 0 saturated carbocycles. The Hall–Kier alpha value is -6.43. The van der Waals surface area contributed by atoms with Crippen molar-refractivity contribution in [2.75, 3.05) is 0 Å². The maximum atomic E-state index is 16.2. The Morgan fingerprint density at radius 1 is 0.643 bits per heavy atom. The van der Waals surface area contributed by atoms with Gasteiger partial charge in [0.05, 0.1) is 48.1 Å². The van der Waals surface area contributed by atoms with Gasteiger partial charge >= 0.3 is 0 Å². The predicted molar refractivity (Wildman–Crippen MR) is 145 cm³/mol. The quantitative estimate of drug-likeness (QED) is 0.119. The van der Waals surface area contributed by atoms with Gasteiger partial charge in [0.15, 0.2) is 11.6 Å². The molecule has 0 bridgehead atoms. The third-order valence-corrected chi connectivity index (χ3v) is 7.21. The van der Waals surface area contributed by atoms with E-state index in [4.69, 9.17) is 13.1 Å².